The van der Waals surface area contributed by atoms with E-state index in [1.165, 1.54) is 6.07 Å². The molecular formula is C10H10BrClF2. The molecule has 4 heteroatoms. The molecule has 0 aliphatic rings. The zero-order valence-electron chi connectivity index (χ0n) is 7.44. The highest BCUT2D eigenvalue weighted by Gasteiger charge is 2.14. The summed E-state index contributed by atoms with van der Waals surface area (Å²) in [4.78, 5) is 0. The fourth-order valence-corrected chi connectivity index (χ4v) is 1.84. The van der Waals surface area contributed by atoms with Crippen molar-refractivity contribution < 1.29 is 8.78 Å². The van der Waals surface area contributed by atoms with E-state index < -0.39 is 6.43 Å². The SMILES string of the molecule is FC(F)c1cccc(Cl)c1CCCBr. The van der Waals surface area contributed by atoms with Gasteiger partial charge in [0.2, 0.25) is 0 Å². The average Bonchev–Trinajstić information content (AvgIpc) is 2.15. The van der Waals surface area contributed by atoms with Gasteiger partial charge in [0.15, 0.2) is 0 Å². The number of hydrogen-bond acceptors (Lipinski definition) is 0. The second-order valence-corrected chi connectivity index (χ2v) is 4.10. The van der Waals surface area contributed by atoms with E-state index in [0.717, 1.165) is 11.8 Å². The van der Waals surface area contributed by atoms with Gasteiger partial charge in [-0.05, 0) is 24.5 Å². The van der Waals surface area contributed by atoms with Crippen LogP contribution in [0.3, 0.4) is 0 Å². The van der Waals surface area contributed by atoms with E-state index in [2.05, 4.69) is 15.9 Å². The topological polar surface area (TPSA) is 0 Å². The molecule has 1 aromatic carbocycles. The summed E-state index contributed by atoms with van der Waals surface area (Å²) in [5.74, 6) is 0. The van der Waals surface area contributed by atoms with Gasteiger partial charge >= 0.3 is 0 Å². The third kappa shape index (κ3) is 2.92. The molecule has 14 heavy (non-hydrogen) atoms. The van der Waals surface area contributed by atoms with Crippen molar-refractivity contribution in [3.63, 3.8) is 0 Å². The van der Waals surface area contributed by atoms with Crippen LogP contribution in [0.15, 0.2) is 18.2 Å². The molecule has 0 N–H and O–H groups in total. The van der Waals surface area contributed by atoms with Crippen LogP contribution in [-0.2, 0) is 6.42 Å². The third-order valence-electron chi connectivity index (χ3n) is 1.95. The van der Waals surface area contributed by atoms with Gasteiger partial charge in [-0.2, -0.15) is 0 Å². The van der Waals surface area contributed by atoms with Crippen LogP contribution in [0.25, 0.3) is 0 Å². The smallest absolute Gasteiger partial charge is 0.205 e. The minimum absolute atomic E-state index is 0.0541. The number of rotatable bonds is 4. The predicted molar refractivity (Wildman–Crippen MR) is 58.5 cm³/mol. The highest BCUT2D eigenvalue weighted by atomic mass is 79.9. The summed E-state index contributed by atoms with van der Waals surface area (Å²) in [6, 6.07) is 4.64. The Morgan fingerprint density at radius 2 is 2.07 bits per heavy atom. The summed E-state index contributed by atoms with van der Waals surface area (Å²) >= 11 is 9.12. The van der Waals surface area contributed by atoms with Gasteiger partial charge in [0.05, 0.1) is 0 Å². The lowest BCUT2D eigenvalue weighted by Gasteiger charge is -2.09. The van der Waals surface area contributed by atoms with Gasteiger partial charge < -0.3 is 0 Å². The molecule has 0 nitrogen and oxygen atoms in total. The molecule has 0 saturated carbocycles. The van der Waals surface area contributed by atoms with E-state index in [1.807, 2.05) is 0 Å². The molecule has 1 rings (SSSR count). The van der Waals surface area contributed by atoms with Crippen molar-refractivity contribution in [3.8, 4) is 0 Å². The summed E-state index contributed by atoms with van der Waals surface area (Å²) in [6.07, 6.45) is -1.05. The van der Waals surface area contributed by atoms with E-state index in [-0.39, 0.29) is 5.56 Å². The van der Waals surface area contributed by atoms with Gasteiger partial charge in [-0.1, -0.05) is 39.7 Å². The van der Waals surface area contributed by atoms with Crippen molar-refractivity contribution in [1.82, 2.24) is 0 Å². The summed E-state index contributed by atoms with van der Waals surface area (Å²) in [7, 11) is 0. The van der Waals surface area contributed by atoms with Crippen LogP contribution in [0.2, 0.25) is 5.02 Å². The second-order valence-electron chi connectivity index (χ2n) is 2.90. The summed E-state index contributed by atoms with van der Waals surface area (Å²) in [5, 5.41) is 1.23. The second kappa shape index (κ2) is 5.66. The zero-order valence-corrected chi connectivity index (χ0v) is 9.78. The van der Waals surface area contributed by atoms with E-state index in [4.69, 9.17) is 11.6 Å². The van der Waals surface area contributed by atoms with Crippen molar-refractivity contribution in [1.29, 1.82) is 0 Å². The van der Waals surface area contributed by atoms with Crippen LogP contribution in [-0.4, -0.2) is 5.33 Å². The molecule has 0 spiro atoms. The quantitative estimate of drug-likeness (QED) is 0.708. The molecule has 78 valence electrons. The molecule has 0 radical (unpaired) electrons. The van der Waals surface area contributed by atoms with Crippen LogP contribution in [0.4, 0.5) is 8.78 Å². The Morgan fingerprint density at radius 1 is 1.36 bits per heavy atom. The molecule has 0 aromatic heterocycles. The van der Waals surface area contributed by atoms with Gasteiger partial charge in [0.25, 0.3) is 6.43 Å². The lowest BCUT2D eigenvalue weighted by atomic mass is 10.0. The normalized spacial score (nSPS) is 10.9. The maximum atomic E-state index is 12.6. The first-order chi connectivity index (χ1) is 6.66. The molecule has 0 bridgehead atoms. The Labute approximate surface area is 95.4 Å². The standard InChI is InChI=1S/C10H10BrClF2/c11-6-2-4-7-8(10(13)14)3-1-5-9(7)12/h1,3,5,10H,2,4,6H2. The lowest BCUT2D eigenvalue weighted by molar-refractivity contribution is 0.150. The highest BCUT2D eigenvalue weighted by molar-refractivity contribution is 9.09. The van der Waals surface area contributed by atoms with Crippen LogP contribution in [0.5, 0.6) is 0 Å². The first-order valence-corrected chi connectivity index (χ1v) is 5.78. The lowest BCUT2D eigenvalue weighted by Crippen LogP contribution is -1.96. The summed E-state index contributed by atoms with van der Waals surface area (Å²) in [5.41, 5.74) is 0.627. The van der Waals surface area contributed by atoms with Gasteiger partial charge in [-0.25, -0.2) is 8.78 Å². The molecule has 0 atom stereocenters. The average molecular weight is 284 g/mol. The van der Waals surface area contributed by atoms with Gasteiger partial charge in [0.1, 0.15) is 0 Å². The Kier molecular flexibility index (Phi) is 4.82. The van der Waals surface area contributed by atoms with E-state index in [1.54, 1.807) is 12.1 Å². The molecule has 0 heterocycles. The largest absolute Gasteiger partial charge is 0.264 e. The van der Waals surface area contributed by atoms with Crippen molar-refractivity contribution in [2.45, 2.75) is 19.3 Å². The highest BCUT2D eigenvalue weighted by Crippen LogP contribution is 2.29. The third-order valence-corrected chi connectivity index (χ3v) is 2.87. The molecule has 1 aromatic rings. The number of benzene rings is 1. The zero-order chi connectivity index (χ0) is 10.6. The number of hydrogen-bond donors (Lipinski definition) is 0. The van der Waals surface area contributed by atoms with E-state index in [9.17, 15) is 8.78 Å². The maximum absolute atomic E-state index is 12.6. The molecular weight excluding hydrogens is 273 g/mol. The Bertz CT molecular complexity index is 302. The van der Waals surface area contributed by atoms with Crippen molar-refractivity contribution >= 4 is 27.5 Å². The van der Waals surface area contributed by atoms with Crippen LogP contribution in [0, 0.1) is 0 Å². The number of halogens is 4. The Balaban J connectivity index is 2.96. The molecule has 0 unspecified atom stereocenters. The van der Waals surface area contributed by atoms with E-state index in [0.29, 0.717) is 17.0 Å². The predicted octanol–water partition coefficient (Wildman–Crippen LogP) is 4.61. The summed E-state index contributed by atoms with van der Waals surface area (Å²) in [6.45, 7) is 0. The minimum atomic E-state index is -2.45. The fourth-order valence-electron chi connectivity index (χ4n) is 1.29. The van der Waals surface area contributed by atoms with Gasteiger partial charge in [-0.15, -0.1) is 0 Å². The van der Waals surface area contributed by atoms with Crippen molar-refractivity contribution in [2.24, 2.45) is 0 Å². The minimum Gasteiger partial charge on any atom is -0.205 e. The first kappa shape index (κ1) is 11.9. The maximum Gasteiger partial charge on any atom is 0.264 e. The summed E-state index contributed by atoms with van der Waals surface area (Å²) < 4.78 is 25.1. The van der Waals surface area contributed by atoms with Crippen LogP contribution in [0.1, 0.15) is 24.0 Å². The molecule has 0 fully saturated rings. The Morgan fingerprint density at radius 3 is 2.64 bits per heavy atom. The molecule has 0 aliphatic carbocycles. The van der Waals surface area contributed by atoms with Crippen LogP contribution >= 0.6 is 27.5 Å². The molecule has 0 aliphatic heterocycles. The molecule has 0 saturated heterocycles. The van der Waals surface area contributed by atoms with Gasteiger partial charge in [-0.3, -0.25) is 0 Å². The van der Waals surface area contributed by atoms with Gasteiger partial charge in [0, 0.05) is 15.9 Å². The first-order valence-electron chi connectivity index (χ1n) is 4.28. The fraction of sp³-hybridized carbons (Fsp3) is 0.400. The van der Waals surface area contributed by atoms with Crippen LogP contribution < -0.4 is 0 Å². The van der Waals surface area contributed by atoms with Crippen molar-refractivity contribution in [2.75, 3.05) is 5.33 Å². The number of alkyl halides is 3. The van der Waals surface area contributed by atoms with Crippen molar-refractivity contribution in [3.05, 3.63) is 34.3 Å². The molecule has 0 amide bonds. The Hall–Kier alpha value is -0.150. The monoisotopic (exact) mass is 282 g/mol. The van der Waals surface area contributed by atoms with E-state index >= 15 is 0 Å².